The molecule has 1 unspecified atom stereocenters. The molecule has 0 aromatic heterocycles. The third-order valence-electron chi connectivity index (χ3n) is 2.66. The molecule has 0 saturated carbocycles. The molecule has 0 aliphatic heterocycles. The first kappa shape index (κ1) is 17.5. The summed E-state index contributed by atoms with van der Waals surface area (Å²) in [6.45, 7) is 0.0618. The highest BCUT2D eigenvalue weighted by Crippen LogP contribution is 2.16. The van der Waals surface area contributed by atoms with Crippen molar-refractivity contribution in [3.05, 3.63) is 29.6 Å². The summed E-state index contributed by atoms with van der Waals surface area (Å²) < 4.78 is 49.6. The van der Waals surface area contributed by atoms with Gasteiger partial charge in [0.1, 0.15) is 10.7 Å². The van der Waals surface area contributed by atoms with Crippen LogP contribution in [0.15, 0.2) is 23.1 Å². The summed E-state index contributed by atoms with van der Waals surface area (Å²) in [7, 11) is -1.29. The van der Waals surface area contributed by atoms with Crippen LogP contribution in [0.2, 0.25) is 0 Å². The molecular weight excluding hydrogens is 305 g/mol. The summed E-state index contributed by atoms with van der Waals surface area (Å²) in [5.41, 5.74) is -0.333. The highest BCUT2D eigenvalue weighted by molar-refractivity contribution is 7.89. The number of halogens is 1. The Kier molecular flexibility index (Phi) is 6.21. The van der Waals surface area contributed by atoms with E-state index < -0.39 is 32.8 Å². The van der Waals surface area contributed by atoms with Crippen molar-refractivity contribution in [3.63, 3.8) is 0 Å². The van der Waals surface area contributed by atoms with Crippen molar-refractivity contribution in [2.75, 3.05) is 27.4 Å². The van der Waals surface area contributed by atoms with Crippen LogP contribution in [0.5, 0.6) is 0 Å². The lowest BCUT2D eigenvalue weighted by Gasteiger charge is -2.15. The number of carbonyl (C=O) groups is 1. The number of benzene rings is 1. The van der Waals surface area contributed by atoms with Gasteiger partial charge in [-0.15, -0.1) is 0 Å². The maximum Gasteiger partial charge on any atom is 0.335 e. The van der Waals surface area contributed by atoms with Crippen molar-refractivity contribution in [2.45, 2.75) is 11.0 Å². The average Bonchev–Trinajstić information content (AvgIpc) is 2.42. The van der Waals surface area contributed by atoms with Crippen molar-refractivity contribution < 1.29 is 32.2 Å². The average molecular weight is 321 g/mol. The SMILES string of the molecule is COCC(CNS(=O)(=O)c1ccc(C(=O)O)cc1F)OC. The zero-order valence-electron chi connectivity index (χ0n) is 11.5. The summed E-state index contributed by atoms with van der Waals surface area (Å²) >= 11 is 0. The van der Waals surface area contributed by atoms with E-state index >= 15 is 0 Å². The number of nitrogens with one attached hydrogen (secondary N) is 1. The van der Waals surface area contributed by atoms with Gasteiger partial charge in [0.05, 0.1) is 18.3 Å². The minimum Gasteiger partial charge on any atom is -0.478 e. The van der Waals surface area contributed by atoms with Crippen LogP contribution in [0.25, 0.3) is 0 Å². The van der Waals surface area contributed by atoms with Crippen LogP contribution in [0.1, 0.15) is 10.4 Å². The minimum atomic E-state index is -4.11. The zero-order valence-corrected chi connectivity index (χ0v) is 12.3. The van der Waals surface area contributed by atoms with Gasteiger partial charge in [0.2, 0.25) is 10.0 Å². The fraction of sp³-hybridized carbons (Fsp3) is 0.417. The Bertz CT molecular complexity index is 604. The van der Waals surface area contributed by atoms with Crippen molar-refractivity contribution in [2.24, 2.45) is 0 Å². The molecule has 1 aromatic rings. The van der Waals surface area contributed by atoms with Gasteiger partial charge in [0.25, 0.3) is 0 Å². The van der Waals surface area contributed by atoms with Crippen molar-refractivity contribution in [1.82, 2.24) is 4.72 Å². The van der Waals surface area contributed by atoms with Crippen LogP contribution in [0.4, 0.5) is 4.39 Å². The van der Waals surface area contributed by atoms with Gasteiger partial charge in [-0.2, -0.15) is 0 Å². The number of carboxylic acids is 1. The molecule has 0 saturated heterocycles. The number of rotatable bonds is 8. The van der Waals surface area contributed by atoms with Crippen molar-refractivity contribution >= 4 is 16.0 Å². The molecule has 1 aromatic carbocycles. The molecule has 9 heteroatoms. The van der Waals surface area contributed by atoms with Gasteiger partial charge in [0, 0.05) is 20.8 Å². The summed E-state index contributed by atoms with van der Waals surface area (Å²) in [6.07, 6.45) is -0.522. The Balaban J connectivity index is 2.90. The van der Waals surface area contributed by atoms with E-state index in [9.17, 15) is 17.6 Å². The predicted molar refractivity (Wildman–Crippen MR) is 71.2 cm³/mol. The third kappa shape index (κ3) is 4.74. The van der Waals surface area contributed by atoms with E-state index in [4.69, 9.17) is 14.6 Å². The zero-order chi connectivity index (χ0) is 16.0. The lowest BCUT2D eigenvalue weighted by atomic mass is 10.2. The van der Waals surface area contributed by atoms with Gasteiger partial charge in [0.15, 0.2) is 0 Å². The monoisotopic (exact) mass is 321 g/mol. The van der Waals surface area contributed by atoms with Crippen molar-refractivity contribution in [3.8, 4) is 0 Å². The molecule has 0 aliphatic carbocycles. The number of aromatic carboxylic acids is 1. The second kappa shape index (κ2) is 7.46. The van der Waals surface area contributed by atoms with E-state index in [2.05, 4.69) is 4.72 Å². The molecule has 0 amide bonds. The van der Waals surface area contributed by atoms with E-state index in [1.165, 1.54) is 14.2 Å². The molecule has 0 spiro atoms. The molecule has 0 radical (unpaired) electrons. The number of carboxylic acid groups (broad SMARTS) is 1. The highest BCUT2D eigenvalue weighted by Gasteiger charge is 2.21. The van der Waals surface area contributed by atoms with Gasteiger partial charge < -0.3 is 14.6 Å². The molecular formula is C12H16FNO6S. The molecule has 0 bridgehead atoms. The van der Waals surface area contributed by atoms with Crippen LogP contribution in [0.3, 0.4) is 0 Å². The summed E-state index contributed by atoms with van der Waals surface area (Å²) in [4.78, 5) is 10.1. The third-order valence-corrected chi connectivity index (χ3v) is 4.11. The molecule has 2 N–H and O–H groups in total. The largest absolute Gasteiger partial charge is 0.478 e. The highest BCUT2D eigenvalue weighted by atomic mass is 32.2. The molecule has 1 rings (SSSR count). The number of sulfonamides is 1. The van der Waals surface area contributed by atoms with Crippen LogP contribution in [0, 0.1) is 5.82 Å². The lowest BCUT2D eigenvalue weighted by molar-refractivity contribution is 0.0320. The second-order valence-corrected chi connectivity index (χ2v) is 5.85. The van der Waals surface area contributed by atoms with E-state index in [-0.39, 0.29) is 18.7 Å². The normalized spacial score (nSPS) is 13.1. The number of ether oxygens (including phenoxy) is 2. The smallest absolute Gasteiger partial charge is 0.335 e. The fourth-order valence-electron chi connectivity index (χ4n) is 1.53. The number of methoxy groups -OCH3 is 2. The summed E-state index contributed by atoms with van der Waals surface area (Å²) in [5.74, 6) is -2.48. The minimum absolute atomic E-state index is 0.104. The Morgan fingerprint density at radius 3 is 2.57 bits per heavy atom. The van der Waals surface area contributed by atoms with Crippen LogP contribution in [-0.2, 0) is 19.5 Å². The molecule has 0 aliphatic rings. The maximum absolute atomic E-state index is 13.7. The first-order chi connectivity index (χ1) is 9.81. The number of hydrogen-bond donors (Lipinski definition) is 2. The van der Waals surface area contributed by atoms with Gasteiger partial charge in [-0.1, -0.05) is 0 Å². The van der Waals surface area contributed by atoms with E-state index in [1.807, 2.05) is 0 Å². The summed E-state index contributed by atoms with van der Waals surface area (Å²) in [5, 5.41) is 8.71. The van der Waals surface area contributed by atoms with Crippen LogP contribution < -0.4 is 4.72 Å². The van der Waals surface area contributed by atoms with Gasteiger partial charge in [-0.3, -0.25) is 0 Å². The van der Waals surface area contributed by atoms with Gasteiger partial charge in [-0.05, 0) is 18.2 Å². The Morgan fingerprint density at radius 1 is 1.43 bits per heavy atom. The summed E-state index contributed by atoms with van der Waals surface area (Å²) in [6, 6.07) is 2.57. The second-order valence-electron chi connectivity index (χ2n) is 4.12. The molecule has 0 fully saturated rings. The maximum atomic E-state index is 13.7. The molecule has 1 atom stereocenters. The topological polar surface area (TPSA) is 102 Å². The molecule has 7 nitrogen and oxygen atoms in total. The van der Waals surface area contributed by atoms with E-state index in [0.717, 1.165) is 12.1 Å². The number of hydrogen-bond acceptors (Lipinski definition) is 5. The predicted octanol–water partition coefficient (Wildman–Crippen LogP) is 0.464. The van der Waals surface area contributed by atoms with E-state index in [0.29, 0.717) is 6.07 Å². The lowest BCUT2D eigenvalue weighted by Crippen LogP contribution is -2.36. The Hall–Kier alpha value is -1.55. The van der Waals surface area contributed by atoms with Crippen LogP contribution >= 0.6 is 0 Å². The quantitative estimate of drug-likeness (QED) is 0.721. The van der Waals surface area contributed by atoms with E-state index in [1.54, 1.807) is 0 Å². The Morgan fingerprint density at radius 2 is 2.10 bits per heavy atom. The molecule has 0 heterocycles. The van der Waals surface area contributed by atoms with Crippen molar-refractivity contribution in [1.29, 1.82) is 0 Å². The van der Waals surface area contributed by atoms with Gasteiger partial charge in [-0.25, -0.2) is 22.3 Å². The fourth-order valence-corrected chi connectivity index (χ4v) is 2.65. The van der Waals surface area contributed by atoms with Crippen LogP contribution in [-0.4, -0.2) is 53.0 Å². The molecule has 21 heavy (non-hydrogen) atoms. The molecule has 118 valence electrons. The van der Waals surface area contributed by atoms with Gasteiger partial charge >= 0.3 is 5.97 Å². The Labute approximate surface area is 121 Å². The standard InChI is InChI=1S/C12H16FNO6S/c1-19-7-9(20-2)6-14-21(17,18)11-4-3-8(12(15)16)5-10(11)13/h3-5,9,14H,6-7H2,1-2H3,(H,15,16). The first-order valence-corrected chi connectivity index (χ1v) is 7.34. The first-order valence-electron chi connectivity index (χ1n) is 5.86.